The third-order valence-corrected chi connectivity index (χ3v) is 2.56. The predicted molar refractivity (Wildman–Crippen MR) is 59.5 cm³/mol. The number of aromatic nitrogens is 1. The van der Waals surface area contributed by atoms with Crippen LogP contribution in [0, 0.1) is 0 Å². The topological polar surface area (TPSA) is 42.3 Å². The van der Waals surface area contributed by atoms with Crippen LogP contribution in [0.1, 0.15) is 29.4 Å². The smallest absolute Gasteiger partial charge is 0.294 e. The lowest BCUT2D eigenvalue weighted by molar-refractivity contribution is -0.0922. The normalized spacial score (nSPS) is 15.3. The van der Waals surface area contributed by atoms with Crippen LogP contribution in [0.2, 0.25) is 0 Å². The van der Waals surface area contributed by atoms with E-state index in [2.05, 4.69) is 9.98 Å². The van der Waals surface area contributed by atoms with Gasteiger partial charge in [0, 0.05) is 24.4 Å². The number of hydrogen-bond acceptors (Lipinski definition) is 3. The summed E-state index contributed by atoms with van der Waals surface area (Å²) in [4.78, 5) is 18.7. The van der Waals surface area contributed by atoms with Crippen molar-refractivity contribution in [1.29, 1.82) is 0 Å². The highest BCUT2D eigenvalue weighted by atomic mass is 19.4. The Morgan fingerprint density at radius 3 is 2.50 bits per heavy atom. The molecule has 0 spiro atoms. The maximum Gasteiger partial charge on any atom is 0.414 e. The number of nitrogens with zero attached hydrogens (tertiary/aromatic N) is 2. The van der Waals surface area contributed by atoms with E-state index in [1.54, 1.807) is 0 Å². The van der Waals surface area contributed by atoms with E-state index < -0.39 is 11.7 Å². The summed E-state index contributed by atoms with van der Waals surface area (Å²) in [6, 6.07) is 3.03. The summed E-state index contributed by atoms with van der Waals surface area (Å²) in [6.07, 6.45) is -2.48. The average Bonchev–Trinajstić information content (AvgIpc) is 2.78. The number of rotatable bonds is 2. The first-order chi connectivity index (χ1) is 8.38. The Balaban J connectivity index is 2.15. The number of halogens is 3. The molecule has 0 fully saturated rings. The van der Waals surface area contributed by atoms with Crippen LogP contribution in [-0.4, -0.2) is 22.7 Å². The van der Waals surface area contributed by atoms with Gasteiger partial charge < -0.3 is 0 Å². The van der Waals surface area contributed by atoms with Gasteiger partial charge in [-0.3, -0.25) is 14.8 Å². The number of hydrogen-bond donors (Lipinski definition) is 0. The van der Waals surface area contributed by atoms with E-state index in [1.165, 1.54) is 25.3 Å². The van der Waals surface area contributed by atoms with Crippen molar-refractivity contribution >= 4 is 11.5 Å². The van der Waals surface area contributed by atoms with Crippen LogP contribution in [0.5, 0.6) is 0 Å². The zero-order valence-electron chi connectivity index (χ0n) is 9.45. The van der Waals surface area contributed by atoms with Crippen LogP contribution >= 0.6 is 0 Å². The van der Waals surface area contributed by atoms with Crippen molar-refractivity contribution < 1.29 is 18.0 Å². The number of pyridine rings is 1. The van der Waals surface area contributed by atoms with E-state index in [1.807, 2.05) is 0 Å². The van der Waals surface area contributed by atoms with Crippen molar-refractivity contribution in [2.24, 2.45) is 4.99 Å². The van der Waals surface area contributed by atoms with Gasteiger partial charge in [0.05, 0.1) is 17.0 Å². The van der Waals surface area contributed by atoms with E-state index in [4.69, 9.17) is 0 Å². The lowest BCUT2D eigenvalue weighted by Gasteiger charge is -2.07. The lowest BCUT2D eigenvalue weighted by atomic mass is 10.1. The van der Waals surface area contributed by atoms with Gasteiger partial charge in [-0.1, -0.05) is 0 Å². The standard InChI is InChI=1S/C12H9F3N2O/c1-7(18)8-2-3-10(16-5-8)11-4-9(6-17-11)12(13,14)15/h2-3,5-6H,4H2,1H3. The Morgan fingerprint density at radius 2 is 2.06 bits per heavy atom. The molecule has 0 radical (unpaired) electrons. The maximum absolute atomic E-state index is 12.4. The number of ketones is 1. The summed E-state index contributed by atoms with van der Waals surface area (Å²) >= 11 is 0. The third kappa shape index (κ3) is 2.47. The van der Waals surface area contributed by atoms with Crippen molar-refractivity contribution in [3.8, 4) is 0 Å². The number of aliphatic imine (C=N–C) groups is 1. The second kappa shape index (κ2) is 4.36. The molecule has 1 aliphatic rings. The zero-order valence-corrected chi connectivity index (χ0v) is 9.45. The van der Waals surface area contributed by atoms with E-state index in [9.17, 15) is 18.0 Å². The minimum absolute atomic E-state index is 0.142. The molecular formula is C12H9F3N2O. The molecule has 0 saturated carbocycles. The highest BCUT2D eigenvalue weighted by Crippen LogP contribution is 2.32. The number of carbonyl (C=O) groups is 1. The summed E-state index contributed by atoms with van der Waals surface area (Å²) in [7, 11) is 0. The molecule has 0 atom stereocenters. The summed E-state index contributed by atoms with van der Waals surface area (Å²) in [5, 5.41) is 0. The van der Waals surface area contributed by atoms with Crippen LogP contribution in [0.4, 0.5) is 13.2 Å². The molecule has 2 heterocycles. The first kappa shape index (κ1) is 12.5. The molecule has 0 aromatic carbocycles. The number of carbonyl (C=O) groups excluding carboxylic acids is 1. The fourth-order valence-electron chi connectivity index (χ4n) is 1.53. The van der Waals surface area contributed by atoms with Crippen molar-refractivity contribution in [2.45, 2.75) is 19.5 Å². The molecule has 6 heteroatoms. The quantitative estimate of drug-likeness (QED) is 0.761. The maximum atomic E-state index is 12.4. The van der Waals surface area contributed by atoms with Gasteiger partial charge in [-0.05, 0) is 19.1 Å². The summed E-state index contributed by atoms with van der Waals surface area (Å²) in [5.41, 5.74) is 0.351. The molecule has 3 nitrogen and oxygen atoms in total. The van der Waals surface area contributed by atoms with Gasteiger partial charge in [0.1, 0.15) is 0 Å². The summed E-state index contributed by atoms with van der Waals surface area (Å²) in [5.74, 6) is -0.142. The van der Waals surface area contributed by atoms with E-state index in [0.29, 0.717) is 11.3 Å². The zero-order chi connectivity index (χ0) is 13.3. The van der Waals surface area contributed by atoms with Gasteiger partial charge in [-0.25, -0.2) is 0 Å². The minimum Gasteiger partial charge on any atom is -0.294 e. The number of alkyl halides is 3. The van der Waals surface area contributed by atoms with Crippen LogP contribution in [-0.2, 0) is 0 Å². The summed E-state index contributed by atoms with van der Waals surface area (Å²) < 4.78 is 37.2. The minimum atomic E-state index is -4.36. The number of allylic oxidation sites excluding steroid dienone is 1. The molecule has 94 valence electrons. The molecule has 0 N–H and O–H groups in total. The molecule has 0 amide bonds. The molecule has 18 heavy (non-hydrogen) atoms. The predicted octanol–water partition coefficient (Wildman–Crippen LogP) is 2.92. The Bertz CT molecular complexity index is 541. The van der Waals surface area contributed by atoms with Crippen LogP contribution in [0.3, 0.4) is 0 Å². The largest absolute Gasteiger partial charge is 0.414 e. The Hall–Kier alpha value is -1.98. The first-order valence-corrected chi connectivity index (χ1v) is 5.18. The number of Topliss-reactive ketones (excluding diaryl/α,β-unsaturated/α-hetero) is 1. The molecule has 1 aliphatic heterocycles. The molecule has 2 rings (SSSR count). The van der Waals surface area contributed by atoms with Crippen molar-refractivity contribution in [2.75, 3.05) is 0 Å². The van der Waals surface area contributed by atoms with Gasteiger partial charge >= 0.3 is 6.18 Å². The van der Waals surface area contributed by atoms with Gasteiger partial charge in [-0.2, -0.15) is 13.2 Å². The second-order valence-electron chi connectivity index (χ2n) is 3.89. The van der Waals surface area contributed by atoms with Crippen LogP contribution in [0.15, 0.2) is 35.1 Å². The SMILES string of the molecule is CC(=O)c1ccc(C2=NC=C(C(F)(F)F)C2)nc1. The highest BCUT2D eigenvalue weighted by molar-refractivity contribution is 6.03. The lowest BCUT2D eigenvalue weighted by Crippen LogP contribution is -2.13. The van der Waals surface area contributed by atoms with Gasteiger partial charge in [0.2, 0.25) is 0 Å². The fraction of sp³-hybridized carbons (Fsp3) is 0.250. The van der Waals surface area contributed by atoms with Crippen LogP contribution in [0.25, 0.3) is 0 Å². The average molecular weight is 254 g/mol. The van der Waals surface area contributed by atoms with Gasteiger partial charge in [0.25, 0.3) is 0 Å². The molecule has 1 aromatic heterocycles. The summed E-state index contributed by atoms with van der Waals surface area (Å²) in [6.45, 7) is 1.40. The van der Waals surface area contributed by atoms with Crippen LogP contribution < -0.4 is 0 Å². The molecular weight excluding hydrogens is 245 g/mol. The Kier molecular flexibility index (Phi) is 3.02. The second-order valence-corrected chi connectivity index (χ2v) is 3.89. The highest BCUT2D eigenvalue weighted by Gasteiger charge is 2.36. The Labute approximate surface area is 101 Å². The molecule has 0 aliphatic carbocycles. The Morgan fingerprint density at radius 1 is 1.33 bits per heavy atom. The fourth-order valence-corrected chi connectivity index (χ4v) is 1.53. The van der Waals surface area contributed by atoms with E-state index >= 15 is 0 Å². The monoisotopic (exact) mass is 254 g/mol. The van der Waals surface area contributed by atoms with Crippen molar-refractivity contribution in [1.82, 2.24) is 4.98 Å². The third-order valence-electron chi connectivity index (χ3n) is 2.56. The molecule has 0 unspecified atom stereocenters. The molecule has 0 saturated heterocycles. The van der Waals surface area contributed by atoms with E-state index in [-0.39, 0.29) is 17.9 Å². The molecule has 1 aromatic rings. The first-order valence-electron chi connectivity index (χ1n) is 5.18. The van der Waals surface area contributed by atoms with E-state index in [0.717, 1.165) is 6.20 Å². The van der Waals surface area contributed by atoms with Crippen molar-refractivity contribution in [3.63, 3.8) is 0 Å². The van der Waals surface area contributed by atoms with Gasteiger partial charge in [-0.15, -0.1) is 0 Å². The van der Waals surface area contributed by atoms with Gasteiger partial charge in [0.15, 0.2) is 5.78 Å². The molecule has 0 bridgehead atoms. The van der Waals surface area contributed by atoms with Crippen molar-refractivity contribution in [3.05, 3.63) is 41.4 Å².